The summed E-state index contributed by atoms with van der Waals surface area (Å²) in [5, 5.41) is 0. The molecule has 0 aliphatic rings. The van der Waals surface area contributed by atoms with Crippen molar-refractivity contribution < 1.29 is 0 Å². The van der Waals surface area contributed by atoms with Gasteiger partial charge in [-0.3, -0.25) is 0 Å². The molecule has 23 heavy (non-hydrogen) atoms. The molecule has 0 spiro atoms. The Labute approximate surface area is 149 Å². The van der Waals surface area contributed by atoms with Gasteiger partial charge >= 0.3 is 0 Å². The molecule has 0 amide bonds. The van der Waals surface area contributed by atoms with Crippen LogP contribution in [0.4, 0.5) is 0 Å². The summed E-state index contributed by atoms with van der Waals surface area (Å²) in [6.07, 6.45) is 2.08. The minimum atomic E-state index is 0.330. The van der Waals surface area contributed by atoms with Crippen molar-refractivity contribution in [2.75, 3.05) is 11.5 Å². The van der Waals surface area contributed by atoms with Crippen LogP contribution in [0.3, 0.4) is 0 Å². The fourth-order valence-electron chi connectivity index (χ4n) is 1.99. The first kappa shape index (κ1) is 18.0. The molecule has 0 radical (unpaired) electrons. The fourth-order valence-corrected chi connectivity index (χ4v) is 3.92. The summed E-state index contributed by atoms with van der Waals surface area (Å²) in [6, 6.07) is 20.9. The zero-order chi connectivity index (χ0) is 16.5. The highest BCUT2D eigenvalue weighted by atomic mass is 32.2. The molecule has 0 aliphatic heterocycles. The summed E-state index contributed by atoms with van der Waals surface area (Å²) >= 11 is 3.90. The molecule has 2 aromatic carbocycles. The lowest BCUT2D eigenvalue weighted by atomic mass is 10.2. The Morgan fingerprint density at radius 2 is 1.52 bits per heavy atom. The highest BCUT2D eigenvalue weighted by Gasteiger charge is 2.10. The third-order valence-electron chi connectivity index (χ3n) is 3.07. The smallest absolute Gasteiger partial charge is 0.0565 e. The Morgan fingerprint density at radius 1 is 0.913 bits per heavy atom. The van der Waals surface area contributed by atoms with Gasteiger partial charge in [-0.15, -0.1) is 17.5 Å². The lowest BCUT2D eigenvalue weighted by Crippen LogP contribution is -2.08. The van der Waals surface area contributed by atoms with Gasteiger partial charge in [0.2, 0.25) is 0 Å². The molecule has 0 bridgehead atoms. The molecule has 0 aromatic heterocycles. The van der Waals surface area contributed by atoms with E-state index in [4.69, 9.17) is 0 Å². The normalized spacial score (nSPS) is 10.9. The Hall–Kier alpha value is -1.34. The van der Waals surface area contributed by atoms with Crippen molar-refractivity contribution in [2.24, 2.45) is 0 Å². The van der Waals surface area contributed by atoms with E-state index in [9.17, 15) is 0 Å². The largest absolute Gasteiger partial charge is 0.155 e. The van der Waals surface area contributed by atoms with Crippen molar-refractivity contribution in [1.29, 1.82) is 0 Å². The minimum absolute atomic E-state index is 0.330. The molecule has 0 atom stereocenters. The first-order chi connectivity index (χ1) is 11.0. The van der Waals surface area contributed by atoms with Gasteiger partial charge in [0, 0.05) is 16.3 Å². The van der Waals surface area contributed by atoms with Gasteiger partial charge in [-0.25, -0.2) is 0 Å². The molecular weight excluding hydrogens is 316 g/mol. The number of thioether (sulfide) groups is 2. The van der Waals surface area contributed by atoms with Crippen molar-refractivity contribution in [2.45, 2.75) is 25.5 Å². The van der Waals surface area contributed by atoms with Crippen LogP contribution in [-0.2, 0) is 0 Å². The lowest BCUT2D eigenvalue weighted by Gasteiger charge is -2.17. The predicted octanol–water partition coefficient (Wildman–Crippen LogP) is 6.60. The van der Waals surface area contributed by atoms with Crippen LogP contribution in [0.5, 0.6) is 0 Å². The zero-order valence-electron chi connectivity index (χ0n) is 14.1. The highest BCUT2D eigenvalue weighted by Crippen LogP contribution is 2.30. The van der Waals surface area contributed by atoms with Crippen LogP contribution in [0.15, 0.2) is 66.4 Å². The van der Waals surface area contributed by atoms with Gasteiger partial charge < -0.3 is 0 Å². The van der Waals surface area contributed by atoms with Crippen LogP contribution >= 0.6 is 23.5 Å². The van der Waals surface area contributed by atoms with E-state index >= 15 is 0 Å². The average Bonchev–Trinajstić information content (AvgIpc) is 2.55. The van der Waals surface area contributed by atoms with Crippen molar-refractivity contribution in [3.63, 3.8) is 0 Å². The molecule has 0 saturated carbocycles. The quantitative estimate of drug-likeness (QED) is 0.429. The van der Waals surface area contributed by atoms with Gasteiger partial charge in [0.25, 0.3) is 0 Å². The molecule has 2 aromatic rings. The minimum Gasteiger partial charge on any atom is -0.155 e. The second-order valence-corrected chi connectivity index (χ2v) is 9.23. The maximum atomic E-state index is 3.50. The van der Waals surface area contributed by atoms with Crippen LogP contribution < -0.4 is 0 Å². The monoisotopic (exact) mass is 340 g/mol. The standard InChI is InChI=1S/C21H24S2/c1-21(2,3)23-17-16-22-20(19-12-8-5-9-13-19)15-14-18-10-6-4-7-11-18/h4-14H,16-17H2,1-3H3. The van der Waals surface area contributed by atoms with Crippen molar-refractivity contribution in [3.05, 3.63) is 77.5 Å². The summed E-state index contributed by atoms with van der Waals surface area (Å²) in [7, 11) is 0. The van der Waals surface area contributed by atoms with E-state index in [0.717, 1.165) is 11.5 Å². The molecule has 0 N–H and O–H groups in total. The second kappa shape index (κ2) is 9.08. The molecule has 0 aliphatic carbocycles. The van der Waals surface area contributed by atoms with Crippen LogP contribution in [0, 0.1) is 0 Å². The van der Waals surface area contributed by atoms with Crippen molar-refractivity contribution in [1.82, 2.24) is 0 Å². The van der Waals surface area contributed by atoms with Gasteiger partial charge in [-0.05, 0) is 17.2 Å². The van der Waals surface area contributed by atoms with E-state index in [2.05, 4.69) is 87.2 Å². The SMILES string of the molecule is CC(C)(C)SCCSC(=C=Cc1ccccc1)c1ccccc1. The van der Waals surface area contributed by atoms with E-state index in [1.807, 2.05) is 29.6 Å². The Bertz CT molecular complexity index is 645. The summed E-state index contributed by atoms with van der Waals surface area (Å²) in [5.74, 6) is 2.25. The molecule has 2 heteroatoms. The number of rotatable bonds is 6. The van der Waals surface area contributed by atoms with E-state index in [0.29, 0.717) is 4.75 Å². The predicted molar refractivity (Wildman–Crippen MR) is 109 cm³/mol. The van der Waals surface area contributed by atoms with E-state index in [1.54, 1.807) is 0 Å². The Kier molecular flexibility index (Phi) is 7.11. The van der Waals surface area contributed by atoms with Crippen molar-refractivity contribution >= 4 is 34.5 Å². The van der Waals surface area contributed by atoms with Crippen LogP contribution in [0.1, 0.15) is 31.9 Å². The second-order valence-electron chi connectivity index (χ2n) is 6.20. The fraction of sp³-hybridized carbons (Fsp3) is 0.286. The summed E-state index contributed by atoms with van der Waals surface area (Å²) in [6.45, 7) is 6.81. The van der Waals surface area contributed by atoms with Gasteiger partial charge in [0.15, 0.2) is 0 Å². The van der Waals surface area contributed by atoms with Crippen molar-refractivity contribution in [3.8, 4) is 0 Å². The third kappa shape index (κ3) is 7.18. The third-order valence-corrected chi connectivity index (χ3v) is 5.65. The molecule has 120 valence electrons. The molecule has 2 rings (SSSR count). The Balaban J connectivity index is 2.12. The first-order valence-electron chi connectivity index (χ1n) is 7.88. The first-order valence-corrected chi connectivity index (χ1v) is 9.86. The summed E-state index contributed by atoms with van der Waals surface area (Å²) in [5.41, 5.74) is 5.92. The van der Waals surface area contributed by atoms with Crippen LogP contribution in [-0.4, -0.2) is 16.3 Å². The Morgan fingerprint density at radius 3 is 2.13 bits per heavy atom. The molecule has 0 nitrogen and oxygen atoms in total. The molecular formula is C21H24S2. The van der Waals surface area contributed by atoms with E-state index in [1.165, 1.54) is 16.0 Å². The van der Waals surface area contributed by atoms with Gasteiger partial charge in [-0.2, -0.15) is 11.8 Å². The van der Waals surface area contributed by atoms with Crippen LogP contribution in [0.2, 0.25) is 0 Å². The van der Waals surface area contributed by atoms with E-state index < -0.39 is 0 Å². The molecule has 0 heterocycles. The van der Waals surface area contributed by atoms with Gasteiger partial charge in [-0.1, -0.05) is 81.4 Å². The number of hydrogen-bond donors (Lipinski definition) is 0. The molecule has 0 unspecified atom stereocenters. The topological polar surface area (TPSA) is 0 Å². The number of benzene rings is 2. The van der Waals surface area contributed by atoms with Gasteiger partial charge in [0.05, 0.1) is 4.91 Å². The van der Waals surface area contributed by atoms with Gasteiger partial charge in [0.1, 0.15) is 0 Å². The van der Waals surface area contributed by atoms with Crippen LogP contribution in [0.25, 0.3) is 11.0 Å². The molecule has 0 fully saturated rings. The zero-order valence-corrected chi connectivity index (χ0v) is 15.7. The maximum Gasteiger partial charge on any atom is 0.0565 e. The number of hydrogen-bond acceptors (Lipinski definition) is 2. The summed E-state index contributed by atoms with van der Waals surface area (Å²) in [4.78, 5) is 1.21. The molecule has 0 saturated heterocycles. The van der Waals surface area contributed by atoms with E-state index in [-0.39, 0.29) is 0 Å². The maximum absolute atomic E-state index is 3.50. The average molecular weight is 341 g/mol. The highest BCUT2D eigenvalue weighted by molar-refractivity contribution is 8.09. The summed E-state index contributed by atoms with van der Waals surface area (Å²) < 4.78 is 0.330. The lowest BCUT2D eigenvalue weighted by molar-refractivity contribution is 0.804.